The Bertz CT molecular complexity index is 866. The summed E-state index contributed by atoms with van der Waals surface area (Å²) >= 11 is 0. The normalized spacial score (nSPS) is 10.8. The van der Waals surface area contributed by atoms with E-state index in [1.165, 1.54) is 35.3 Å². The molecular weight excluding hydrogens is 356 g/mol. The van der Waals surface area contributed by atoms with Crippen LogP contribution in [0.2, 0.25) is 0 Å². The summed E-state index contributed by atoms with van der Waals surface area (Å²) in [7, 11) is 8.28. The highest BCUT2D eigenvalue weighted by Crippen LogP contribution is 2.10. The van der Waals surface area contributed by atoms with Gasteiger partial charge in [0.1, 0.15) is 6.54 Å². The van der Waals surface area contributed by atoms with E-state index in [9.17, 15) is 0 Å². The van der Waals surface area contributed by atoms with Gasteiger partial charge in [-0.1, -0.05) is 24.3 Å². The van der Waals surface area contributed by atoms with E-state index >= 15 is 0 Å². The summed E-state index contributed by atoms with van der Waals surface area (Å²) in [5, 5.41) is 0. The van der Waals surface area contributed by atoms with Gasteiger partial charge in [-0.3, -0.25) is 0 Å². The van der Waals surface area contributed by atoms with Crippen LogP contribution in [0.3, 0.4) is 0 Å². The monoisotopic (exact) mass is 390 g/mol. The smallest absolute Gasteiger partial charge is 0.173 e. The molecule has 0 aliphatic carbocycles. The van der Waals surface area contributed by atoms with Crippen LogP contribution in [-0.4, -0.2) is 28.2 Å². The molecule has 0 fully saturated rings. The number of hydrogen-bond acceptors (Lipinski definition) is 2. The van der Waals surface area contributed by atoms with Crippen LogP contribution in [0.5, 0.6) is 0 Å². The lowest BCUT2D eigenvalue weighted by Crippen LogP contribution is -2.33. The van der Waals surface area contributed by atoms with Crippen LogP contribution in [0.4, 0.5) is 11.4 Å². The van der Waals surface area contributed by atoms with Crippen molar-refractivity contribution in [2.75, 3.05) is 38.0 Å². The number of rotatable bonds is 9. The predicted molar refractivity (Wildman–Crippen MR) is 120 cm³/mol. The van der Waals surface area contributed by atoms with E-state index in [0.717, 1.165) is 19.5 Å². The molecule has 2 heterocycles. The molecule has 1 aromatic carbocycles. The summed E-state index contributed by atoms with van der Waals surface area (Å²) in [5.41, 5.74) is 5.24. The van der Waals surface area contributed by atoms with Gasteiger partial charge in [0.2, 0.25) is 0 Å². The van der Waals surface area contributed by atoms with Crippen molar-refractivity contribution < 1.29 is 9.13 Å². The summed E-state index contributed by atoms with van der Waals surface area (Å²) < 4.78 is 4.50. The van der Waals surface area contributed by atoms with Gasteiger partial charge in [-0.2, -0.15) is 0 Å². The first kappa shape index (κ1) is 20.8. The zero-order chi connectivity index (χ0) is 20.6. The number of benzene rings is 1. The lowest BCUT2D eigenvalue weighted by molar-refractivity contribution is -0.697. The third kappa shape index (κ3) is 6.31. The van der Waals surface area contributed by atoms with Gasteiger partial charge in [0.05, 0.1) is 0 Å². The van der Waals surface area contributed by atoms with Crippen molar-refractivity contribution in [1.29, 1.82) is 0 Å². The minimum atomic E-state index is 0.910. The van der Waals surface area contributed by atoms with Gasteiger partial charge in [-0.05, 0) is 18.4 Å². The third-order valence-corrected chi connectivity index (χ3v) is 5.30. The molecule has 0 N–H and O–H groups in total. The number of aromatic nitrogens is 2. The topological polar surface area (TPSA) is 14.2 Å². The van der Waals surface area contributed by atoms with Gasteiger partial charge in [0.25, 0.3) is 0 Å². The Hall–Kier alpha value is -2.88. The first-order valence-corrected chi connectivity index (χ1v) is 10.4. The van der Waals surface area contributed by atoms with E-state index in [4.69, 9.17) is 0 Å². The van der Waals surface area contributed by atoms with Crippen molar-refractivity contribution in [1.82, 2.24) is 0 Å². The van der Waals surface area contributed by atoms with E-state index in [-0.39, 0.29) is 0 Å². The summed E-state index contributed by atoms with van der Waals surface area (Å²) in [6.07, 6.45) is 12.2. The first-order chi connectivity index (χ1) is 14.0. The van der Waals surface area contributed by atoms with E-state index in [2.05, 4.69) is 120 Å². The molecule has 0 aliphatic rings. The lowest BCUT2D eigenvalue weighted by atomic mass is 10.1. The Morgan fingerprint density at radius 3 is 1.59 bits per heavy atom. The van der Waals surface area contributed by atoms with Crippen molar-refractivity contribution in [3.63, 3.8) is 0 Å². The highest BCUT2D eigenvalue weighted by molar-refractivity contribution is 5.42. The zero-order valence-corrected chi connectivity index (χ0v) is 18.3. The summed E-state index contributed by atoms with van der Waals surface area (Å²) in [6, 6.07) is 17.7. The van der Waals surface area contributed by atoms with Gasteiger partial charge in [0, 0.05) is 75.8 Å². The maximum Gasteiger partial charge on any atom is 0.173 e. The maximum atomic E-state index is 2.28. The fraction of sp³-hybridized carbons (Fsp3) is 0.360. The summed E-state index contributed by atoms with van der Waals surface area (Å²) in [6.45, 7) is 1.99. The zero-order valence-electron chi connectivity index (χ0n) is 18.3. The van der Waals surface area contributed by atoms with Crippen LogP contribution >= 0.6 is 0 Å². The Balaban J connectivity index is 1.43. The predicted octanol–water partition coefficient (Wildman–Crippen LogP) is 3.46. The minimum Gasteiger partial charge on any atom is -0.377 e. The van der Waals surface area contributed by atoms with Crippen LogP contribution in [0.25, 0.3) is 0 Å². The molecule has 3 rings (SSSR count). The second-order valence-corrected chi connectivity index (χ2v) is 8.09. The third-order valence-electron chi connectivity index (χ3n) is 5.30. The minimum absolute atomic E-state index is 0.910. The van der Waals surface area contributed by atoms with Crippen molar-refractivity contribution in [2.24, 2.45) is 0 Å². The molecule has 3 aromatic rings. The number of anilines is 2. The van der Waals surface area contributed by atoms with E-state index in [1.54, 1.807) is 0 Å². The van der Waals surface area contributed by atoms with Crippen LogP contribution < -0.4 is 18.9 Å². The molecule has 0 bridgehead atoms. The van der Waals surface area contributed by atoms with E-state index < -0.39 is 0 Å². The second-order valence-electron chi connectivity index (χ2n) is 8.09. The van der Waals surface area contributed by atoms with Crippen LogP contribution in [-0.2, 0) is 19.5 Å². The fourth-order valence-electron chi connectivity index (χ4n) is 3.40. The molecule has 2 aromatic heterocycles. The molecule has 0 radical (unpaired) electrons. The van der Waals surface area contributed by atoms with Crippen molar-refractivity contribution in [3.8, 4) is 0 Å². The molecule has 0 spiro atoms. The van der Waals surface area contributed by atoms with Crippen LogP contribution in [0.1, 0.15) is 24.0 Å². The highest BCUT2D eigenvalue weighted by Gasteiger charge is 2.05. The molecule has 0 amide bonds. The summed E-state index contributed by atoms with van der Waals surface area (Å²) in [4.78, 5) is 4.25. The van der Waals surface area contributed by atoms with Gasteiger partial charge in [0.15, 0.2) is 31.3 Å². The maximum absolute atomic E-state index is 2.28. The molecule has 0 aliphatic heterocycles. The molecule has 0 unspecified atom stereocenters. The first-order valence-electron chi connectivity index (χ1n) is 10.4. The average molecular weight is 391 g/mol. The Morgan fingerprint density at radius 2 is 1.07 bits per heavy atom. The van der Waals surface area contributed by atoms with Crippen molar-refractivity contribution in [3.05, 3.63) is 84.4 Å². The van der Waals surface area contributed by atoms with Gasteiger partial charge in [-0.25, -0.2) is 9.13 Å². The molecule has 152 valence electrons. The number of unbranched alkanes of at least 4 members (excludes halogenated alkanes) is 1. The Labute approximate surface area is 175 Å². The van der Waals surface area contributed by atoms with Crippen molar-refractivity contribution in [2.45, 2.75) is 32.4 Å². The Morgan fingerprint density at radius 1 is 0.586 bits per heavy atom. The van der Waals surface area contributed by atoms with E-state index in [1.807, 2.05) is 0 Å². The van der Waals surface area contributed by atoms with Gasteiger partial charge in [-0.15, -0.1) is 0 Å². The molecule has 0 saturated heterocycles. The largest absolute Gasteiger partial charge is 0.377 e. The highest BCUT2D eigenvalue weighted by atomic mass is 15.1. The van der Waals surface area contributed by atoms with Crippen LogP contribution in [0, 0.1) is 0 Å². The molecule has 0 saturated carbocycles. The van der Waals surface area contributed by atoms with Crippen LogP contribution in [0.15, 0.2) is 73.3 Å². The van der Waals surface area contributed by atoms with Gasteiger partial charge < -0.3 is 9.80 Å². The fourth-order valence-corrected chi connectivity index (χ4v) is 3.40. The SMILES string of the molecule is CN(C)c1cc[n+](CCCCc2ccc(C[n+]3ccc(N(C)C)cc3)cc2)cc1. The second kappa shape index (κ2) is 10.1. The number of aryl methyl sites for hydroxylation is 2. The number of hydrogen-bond donors (Lipinski definition) is 0. The number of nitrogens with zero attached hydrogens (tertiary/aromatic N) is 4. The van der Waals surface area contributed by atoms with Crippen molar-refractivity contribution >= 4 is 11.4 Å². The molecular formula is C25H34N4+2. The summed E-state index contributed by atoms with van der Waals surface area (Å²) in [5.74, 6) is 0. The lowest BCUT2D eigenvalue weighted by Gasteiger charge is -2.10. The standard InChI is InChI=1S/C25H34N4/c1-26(2)24-12-17-28(18-13-24)16-6-5-7-22-8-10-23(11-9-22)21-29-19-14-25(15-20-29)27(3)4/h8-15,17-20H,5-7,16,21H2,1-4H3/q+2. The number of pyridine rings is 2. The molecule has 29 heavy (non-hydrogen) atoms. The Kier molecular flexibility index (Phi) is 7.23. The van der Waals surface area contributed by atoms with E-state index in [0.29, 0.717) is 0 Å². The molecule has 0 atom stereocenters. The quantitative estimate of drug-likeness (QED) is 0.410. The molecule has 4 heteroatoms. The molecule has 4 nitrogen and oxygen atoms in total. The average Bonchev–Trinajstić information content (AvgIpc) is 2.73. The van der Waals surface area contributed by atoms with Gasteiger partial charge >= 0.3 is 0 Å².